The van der Waals surface area contributed by atoms with Gasteiger partial charge in [0.2, 0.25) is 0 Å². The predicted octanol–water partition coefficient (Wildman–Crippen LogP) is 6.71. The number of rotatable bonds is 3. The Bertz CT molecular complexity index is 1420. The van der Waals surface area contributed by atoms with Crippen LogP contribution in [0, 0.1) is 6.92 Å². The lowest BCUT2D eigenvalue weighted by molar-refractivity contribution is 0.102. The minimum Gasteiger partial charge on any atom is -0.338 e. The summed E-state index contributed by atoms with van der Waals surface area (Å²) >= 11 is 14.2. The van der Waals surface area contributed by atoms with Gasteiger partial charge in [-0.25, -0.2) is 9.97 Å². The van der Waals surface area contributed by atoms with Crippen molar-refractivity contribution in [3.8, 4) is 11.4 Å². The van der Waals surface area contributed by atoms with Crippen LogP contribution in [-0.4, -0.2) is 20.9 Å². The molecule has 8 heteroatoms. The number of H-pyrrole nitrogens is 1. The number of amides is 1. The van der Waals surface area contributed by atoms with Crippen LogP contribution >= 0.6 is 34.5 Å². The molecule has 3 aromatic carbocycles. The van der Waals surface area contributed by atoms with E-state index in [1.807, 2.05) is 25.1 Å². The third-order valence-electron chi connectivity index (χ3n) is 4.70. The minimum absolute atomic E-state index is 0.204. The molecule has 5 nitrogen and oxygen atoms in total. The molecule has 30 heavy (non-hydrogen) atoms. The maximum absolute atomic E-state index is 12.8. The molecule has 0 aliphatic heterocycles. The van der Waals surface area contributed by atoms with Crippen molar-refractivity contribution in [2.45, 2.75) is 6.92 Å². The summed E-state index contributed by atoms with van der Waals surface area (Å²) < 4.78 is 1.04. The van der Waals surface area contributed by atoms with Crippen molar-refractivity contribution in [2.75, 3.05) is 5.32 Å². The number of hydrogen-bond donors (Lipinski definition) is 2. The van der Waals surface area contributed by atoms with Gasteiger partial charge < -0.3 is 10.3 Å². The Labute approximate surface area is 185 Å². The highest BCUT2D eigenvalue weighted by Gasteiger charge is 2.14. The van der Waals surface area contributed by atoms with Crippen molar-refractivity contribution in [1.82, 2.24) is 15.0 Å². The summed E-state index contributed by atoms with van der Waals surface area (Å²) in [6.45, 7) is 1.96. The fourth-order valence-corrected chi connectivity index (χ4v) is 4.76. The quantitative estimate of drug-likeness (QED) is 0.319. The monoisotopic (exact) mass is 452 g/mol. The second-order valence-electron chi connectivity index (χ2n) is 6.78. The third-order valence-corrected chi connectivity index (χ3v) is 6.26. The van der Waals surface area contributed by atoms with Crippen molar-refractivity contribution in [2.24, 2.45) is 0 Å². The molecule has 0 aliphatic carbocycles. The Morgan fingerprint density at radius 1 is 1.00 bits per heavy atom. The number of nitrogens with zero attached hydrogens (tertiary/aromatic N) is 2. The smallest absolute Gasteiger partial charge is 0.255 e. The summed E-state index contributed by atoms with van der Waals surface area (Å²) in [6.07, 6.45) is 0. The van der Waals surface area contributed by atoms with Crippen molar-refractivity contribution in [1.29, 1.82) is 0 Å². The Hall–Kier alpha value is -2.93. The largest absolute Gasteiger partial charge is 0.338 e. The standard InChI is InChI=1S/C22H14Cl2N4OS/c1-11-25-17-8-6-13(10-19(17)30-11)26-22(29)12-5-7-16-18(9-12)28-21(27-16)20-14(23)3-2-4-15(20)24/h2-10H,1H3,(H,26,29)(H,27,28). The third kappa shape index (κ3) is 3.43. The number of carbonyl (C=O) groups excluding carboxylic acids is 1. The second kappa shape index (κ2) is 7.40. The van der Waals surface area contributed by atoms with Crippen molar-refractivity contribution in [3.05, 3.63) is 75.2 Å². The molecule has 5 rings (SSSR count). The zero-order chi connectivity index (χ0) is 20.8. The molecule has 1 amide bonds. The number of aromatic nitrogens is 3. The van der Waals surface area contributed by atoms with Gasteiger partial charge in [-0.15, -0.1) is 11.3 Å². The zero-order valence-electron chi connectivity index (χ0n) is 15.7. The van der Waals surface area contributed by atoms with Gasteiger partial charge in [-0.3, -0.25) is 4.79 Å². The van der Waals surface area contributed by atoms with Gasteiger partial charge in [-0.1, -0.05) is 29.3 Å². The highest BCUT2D eigenvalue weighted by atomic mass is 35.5. The Morgan fingerprint density at radius 3 is 2.57 bits per heavy atom. The van der Waals surface area contributed by atoms with E-state index in [4.69, 9.17) is 23.2 Å². The van der Waals surface area contributed by atoms with Crippen LogP contribution in [0.5, 0.6) is 0 Å². The summed E-state index contributed by atoms with van der Waals surface area (Å²) in [4.78, 5) is 25.0. The molecule has 2 heterocycles. The second-order valence-corrected chi connectivity index (χ2v) is 8.83. The first-order chi connectivity index (χ1) is 14.5. The summed E-state index contributed by atoms with van der Waals surface area (Å²) in [7, 11) is 0. The maximum Gasteiger partial charge on any atom is 0.255 e. The first-order valence-corrected chi connectivity index (χ1v) is 10.7. The Kier molecular flexibility index (Phi) is 4.70. The number of imidazole rings is 1. The summed E-state index contributed by atoms with van der Waals surface area (Å²) in [5.74, 6) is 0.355. The first-order valence-electron chi connectivity index (χ1n) is 9.10. The van der Waals surface area contributed by atoms with E-state index < -0.39 is 0 Å². The van der Waals surface area contributed by atoms with Crippen LogP contribution in [0.15, 0.2) is 54.6 Å². The number of anilines is 1. The van der Waals surface area contributed by atoms with Crippen LogP contribution in [0.25, 0.3) is 32.6 Å². The van der Waals surface area contributed by atoms with Gasteiger partial charge in [0.15, 0.2) is 0 Å². The Balaban J connectivity index is 1.46. The van der Waals surface area contributed by atoms with Gasteiger partial charge in [0.05, 0.1) is 41.9 Å². The molecule has 0 spiro atoms. The van der Waals surface area contributed by atoms with Crippen molar-refractivity contribution >= 4 is 67.4 Å². The van der Waals surface area contributed by atoms with Crippen LogP contribution in [-0.2, 0) is 0 Å². The minimum atomic E-state index is -0.204. The number of carbonyl (C=O) groups is 1. The van der Waals surface area contributed by atoms with E-state index in [9.17, 15) is 4.79 Å². The van der Waals surface area contributed by atoms with E-state index in [1.165, 1.54) is 0 Å². The molecule has 0 atom stereocenters. The summed E-state index contributed by atoms with van der Waals surface area (Å²) in [6, 6.07) is 16.3. The molecule has 5 aromatic rings. The summed E-state index contributed by atoms with van der Waals surface area (Å²) in [5, 5.41) is 4.95. The van der Waals surface area contributed by atoms with E-state index in [0.29, 0.717) is 27.0 Å². The molecule has 0 aliphatic rings. The highest BCUT2D eigenvalue weighted by molar-refractivity contribution is 7.18. The number of fused-ring (bicyclic) bond motifs is 2. The normalized spacial score (nSPS) is 11.3. The molecule has 0 radical (unpaired) electrons. The van der Waals surface area contributed by atoms with Crippen molar-refractivity contribution < 1.29 is 4.79 Å². The van der Waals surface area contributed by atoms with E-state index >= 15 is 0 Å². The van der Waals surface area contributed by atoms with E-state index in [1.54, 1.807) is 47.7 Å². The lowest BCUT2D eigenvalue weighted by Crippen LogP contribution is -2.11. The molecule has 2 aromatic heterocycles. The first kappa shape index (κ1) is 19.1. The number of thiazole rings is 1. The van der Waals surface area contributed by atoms with Gasteiger partial charge in [-0.2, -0.15) is 0 Å². The molecular weight excluding hydrogens is 439 g/mol. The SMILES string of the molecule is Cc1nc2ccc(NC(=O)c3ccc4nc(-c5c(Cl)cccc5Cl)[nH]c4c3)cc2s1. The topological polar surface area (TPSA) is 70.7 Å². The van der Waals surface area contributed by atoms with E-state index in [2.05, 4.69) is 20.3 Å². The molecule has 2 N–H and O–H groups in total. The number of aryl methyl sites for hydroxylation is 1. The average molecular weight is 453 g/mol. The molecule has 0 saturated carbocycles. The molecule has 0 bridgehead atoms. The number of hydrogen-bond acceptors (Lipinski definition) is 4. The van der Waals surface area contributed by atoms with E-state index in [-0.39, 0.29) is 5.91 Å². The molecular formula is C22H14Cl2N4OS. The highest BCUT2D eigenvalue weighted by Crippen LogP contribution is 2.34. The van der Waals surface area contributed by atoms with Crippen LogP contribution in [0.3, 0.4) is 0 Å². The van der Waals surface area contributed by atoms with Gasteiger partial charge in [-0.05, 0) is 55.5 Å². The fourth-order valence-electron chi connectivity index (χ4n) is 3.31. The lowest BCUT2D eigenvalue weighted by Gasteiger charge is -2.05. The van der Waals surface area contributed by atoms with Crippen LogP contribution in [0.2, 0.25) is 10.0 Å². The molecule has 148 valence electrons. The maximum atomic E-state index is 12.8. The number of nitrogens with one attached hydrogen (secondary N) is 2. The molecule has 0 saturated heterocycles. The number of aromatic amines is 1. The van der Waals surface area contributed by atoms with Crippen LogP contribution in [0.4, 0.5) is 5.69 Å². The zero-order valence-corrected chi connectivity index (χ0v) is 18.0. The van der Waals surface area contributed by atoms with Crippen molar-refractivity contribution in [3.63, 3.8) is 0 Å². The van der Waals surface area contributed by atoms with Gasteiger partial charge in [0.25, 0.3) is 5.91 Å². The van der Waals surface area contributed by atoms with Crippen LogP contribution < -0.4 is 5.32 Å². The molecule has 0 fully saturated rings. The van der Waals surface area contributed by atoms with Gasteiger partial charge in [0, 0.05) is 11.3 Å². The summed E-state index contributed by atoms with van der Waals surface area (Å²) in [5.41, 5.74) is 4.26. The molecule has 0 unspecified atom stereocenters. The fraction of sp³-hybridized carbons (Fsp3) is 0.0455. The number of benzene rings is 3. The average Bonchev–Trinajstić information content (AvgIpc) is 3.29. The van der Waals surface area contributed by atoms with Crippen LogP contribution in [0.1, 0.15) is 15.4 Å². The van der Waals surface area contributed by atoms with Gasteiger partial charge >= 0.3 is 0 Å². The van der Waals surface area contributed by atoms with E-state index in [0.717, 1.165) is 31.9 Å². The van der Waals surface area contributed by atoms with Gasteiger partial charge in [0.1, 0.15) is 5.82 Å². The Morgan fingerprint density at radius 2 is 1.77 bits per heavy atom. The predicted molar refractivity (Wildman–Crippen MR) is 124 cm³/mol. The number of halogens is 2. The lowest BCUT2D eigenvalue weighted by atomic mass is 10.2.